The highest BCUT2D eigenvalue weighted by molar-refractivity contribution is 5.76. The fourth-order valence-electron chi connectivity index (χ4n) is 3.84. The number of imidazole rings is 1. The molecule has 32 heavy (non-hydrogen) atoms. The van der Waals surface area contributed by atoms with E-state index in [0.29, 0.717) is 31.2 Å². The number of benzene rings is 2. The molecule has 7 nitrogen and oxygen atoms in total. The zero-order chi connectivity index (χ0) is 22.7. The molecule has 0 saturated carbocycles. The fraction of sp³-hybridized carbons (Fsp3) is 0.400. The maximum absolute atomic E-state index is 12.5. The topological polar surface area (TPSA) is 80.4 Å². The predicted molar refractivity (Wildman–Crippen MR) is 121 cm³/mol. The number of carbonyl (C=O) groups excluding carboxylic acids is 1. The Kier molecular flexibility index (Phi) is 6.04. The summed E-state index contributed by atoms with van der Waals surface area (Å²) in [6.07, 6.45) is 1.23. The molecule has 1 aliphatic rings. The largest absolute Gasteiger partial charge is 0.459 e. The minimum Gasteiger partial charge on any atom is -0.459 e. The lowest BCUT2D eigenvalue weighted by molar-refractivity contribution is 0.00626. The van der Waals surface area contributed by atoms with E-state index in [4.69, 9.17) is 19.7 Å². The van der Waals surface area contributed by atoms with Crippen LogP contribution < -0.4 is 4.74 Å². The second-order valence-corrected chi connectivity index (χ2v) is 9.09. The average Bonchev–Trinajstić information content (AvgIpc) is 3.10. The predicted octanol–water partition coefficient (Wildman–Crippen LogP) is 4.73. The number of carbonyl (C=O) groups is 1. The first-order valence-corrected chi connectivity index (χ1v) is 10.9. The minimum absolute atomic E-state index is 0.159. The molecule has 1 atom stereocenters. The van der Waals surface area contributed by atoms with Crippen molar-refractivity contribution < 1.29 is 14.3 Å². The van der Waals surface area contributed by atoms with E-state index in [-0.39, 0.29) is 12.2 Å². The van der Waals surface area contributed by atoms with Crippen molar-refractivity contribution in [3.05, 3.63) is 59.7 Å². The van der Waals surface area contributed by atoms with Crippen LogP contribution in [0.25, 0.3) is 11.0 Å². The molecule has 1 fully saturated rings. The number of likely N-dealkylation sites (tertiary alicyclic amines) is 1. The molecule has 4 rings (SSSR count). The van der Waals surface area contributed by atoms with Crippen LogP contribution in [0.5, 0.6) is 6.01 Å². The molecule has 2 heterocycles. The second kappa shape index (κ2) is 8.91. The highest BCUT2D eigenvalue weighted by Crippen LogP contribution is 2.26. The molecule has 1 amide bonds. The smallest absolute Gasteiger partial charge is 0.410 e. The van der Waals surface area contributed by atoms with Crippen molar-refractivity contribution in [2.75, 3.05) is 13.1 Å². The second-order valence-electron chi connectivity index (χ2n) is 9.09. The van der Waals surface area contributed by atoms with Crippen LogP contribution in [0.15, 0.2) is 48.5 Å². The van der Waals surface area contributed by atoms with Crippen molar-refractivity contribution in [3.63, 3.8) is 0 Å². The number of para-hydroxylation sites is 2. The average molecular weight is 433 g/mol. The molecule has 0 bridgehead atoms. The lowest BCUT2D eigenvalue weighted by Crippen LogP contribution is -2.46. The molecule has 0 spiro atoms. The first-order chi connectivity index (χ1) is 15.3. The van der Waals surface area contributed by atoms with E-state index in [1.54, 1.807) is 4.90 Å². The maximum Gasteiger partial charge on any atom is 0.410 e. The molecular weight excluding hydrogens is 404 g/mol. The van der Waals surface area contributed by atoms with Gasteiger partial charge in [0.2, 0.25) is 0 Å². The summed E-state index contributed by atoms with van der Waals surface area (Å²) in [7, 11) is 0. The number of piperidine rings is 1. The lowest BCUT2D eigenvalue weighted by atomic mass is 10.1. The molecule has 3 aromatic rings. The zero-order valence-electron chi connectivity index (χ0n) is 18.7. The number of rotatable bonds is 4. The van der Waals surface area contributed by atoms with Gasteiger partial charge in [0.25, 0.3) is 6.01 Å². The molecule has 1 aliphatic heterocycles. The van der Waals surface area contributed by atoms with Gasteiger partial charge in [-0.1, -0.05) is 24.3 Å². The van der Waals surface area contributed by atoms with E-state index in [1.165, 1.54) is 0 Å². The first-order valence-electron chi connectivity index (χ1n) is 10.9. The third kappa shape index (κ3) is 5.02. The molecule has 2 aromatic carbocycles. The summed E-state index contributed by atoms with van der Waals surface area (Å²) in [6.45, 7) is 7.31. The van der Waals surface area contributed by atoms with Crippen molar-refractivity contribution in [1.29, 1.82) is 5.26 Å². The number of nitriles is 1. The van der Waals surface area contributed by atoms with Gasteiger partial charge in [0, 0.05) is 6.54 Å². The van der Waals surface area contributed by atoms with Crippen molar-refractivity contribution in [2.45, 2.75) is 51.9 Å². The summed E-state index contributed by atoms with van der Waals surface area (Å²) in [5.41, 5.74) is 2.99. The van der Waals surface area contributed by atoms with E-state index in [2.05, 4.69) is 6.07 Å². The van der Waals surface area contributed by atoms with Crippen LogP contribution in [0.1, 0.15) is 44.7 Å². The Balaban J connectivity index is 1.55. The molecular formula is C25H28N4O3. The summed E-state index contributed by atoms with van der Waals surface area (Å²) in [5.74, 6) is 0. The molecule has 1 saturated heterocycles. The van der Waals surface area contributed by atoms with Crippen LogP contribution in [0.4, 0.5) is 4.79 Å². The number of nitrogens with zero attached hydrogens (tertiary/aromatic N) is 4. The van der Waals surface area contributed by atoms with Crippen molar-refractivity contribution in [3.8, 4) is 12.1 Å². The Morgan fingerprint density at radius 1 is 1.19 bits per heavy atom. The van der Waals surface area contributed by atoms with E-state index in [1.807, 2.05) is 73.9 Å². The molecule has 166 valence electrons. The number of hydrogen-bond donors (Lipinski definition) is 0. The fourth-order valence-corrected chi connectivity index (χ4v) is 3.84. The molecule has 0 radical (unpaired) electrons. The van der Waals surface area contributed by atoms with Crippen LogP contribution in [0.2, 0.25) is 0 Å². The number of hydrogen-bond acceptors (Lipinski definition) is 5. The Bertz CT molecular complexity index is 1140. The van der Waals surface area contributed by atoms with E-state index in [9.17, 15) is 4.79 Å². The van der Waals surface area contributed by atoms with Crippen molar-refractivity contribution in [2.24, 2.45) is 0 Å². The number of aromatic nitrogens is 2. The van der Waals surface area contributed by atoms with Gasteiger partial charge in [0.15, 0.2) is 0 Å². The monoisotopic (exact) mass is 432 g/mol. The van der Waals surface area contributed by atoms with Gasteiger partial charge in [-0.2, -0.15) is 10.2 Å². The number of amides is 1. The number of ether oxygens (including phenoxy) is 2. The first kappa shape index (κ1) is 21.7. The Morgan fingerprint density at radius 3 is 2.66 bits per heavy atom. The van der Waals surface area contributed by atoms with E-state index in [0.717, 1.165) is 29.4 Å². The molecule has 0 aliphatic carbocycles. The third-order valence-electron chi connectivity index (χ3n) is 5.35. The van der Waals surface area contributed by atoms with Gasteiger partial charge in [-0.15, -0.1) is 0 Å². The maximum atomic E-state index is 12.5. The van der Waals surface area contributed by atoms with Gasteiger partial charge in [-0.05, 0) is 63.4 Å². The van der Waals surface area contributed by atoms with Gasteiger partial charge in [-0.25, -0.2) is 4.79 Å². The van der Waals surface area contributed by atoms with Crippen LogP contribution in [0, 0.1) is 11.3 Å². The minimum atomic E-state index is -0.528. The SMILES string of the molecule is CC(C)(C)OC(=O)N1CCCC(Oc2nc3ccccc3n2Cc2ccc(C#N)cc2)C1. The molecule has 1 unspecified atom stereocenters. The van der Waals surface area contributed by atoms with Crippen LogP contribution in [-0.4, -0.2) is 45.3 Å². The van der Waals surface area contributed by atoms with Gasteiger partial charge >= 0.3 is 6.09 Å². The van der Waals surface area contributed by atoms with Gasteiger partial charge < -0.3 is 14.4 Å². The highest BCUT2D eigenvalue weighted by Gasteiger charge is 2.29. The van der Waals surface area contributed by atoms with Crippen molar-refractivity contribution in [1.82, 2.24) is 14.5 Å². The molecule has 1 aromatic heterocycles. The van der Waals surface area contributed by atoms with E-state index >= 15 is 0 Å². The summed E-state index contributed by atoms with van der Waals surface area (Å²) in [5, 5.41) is 9.05. The van der Waals surface area contributed by atoms with E-state index < -0.39 is 5.60 Å². The summed E-state index contributed by atoms with van der Waals surface area (Å²) < 4.78 is 13.9. The third-order valence-corrected chi connectivity index (χ3v) is 5.35. The highest BCUT2D eigenvalue weighted by atomic mass is 16.6. The van der Waals surface area contributed by atoms with Gasteiger partial charge in [0.1, 0.15) is 11.7 Å². The zero-order valence-corrected chi connectivity index (χ0v) is 18.7. The van der Waals surface area contributed by atoms with Gasteiger partial charge in [0.05, 0.1) is 35.8 Å². The number of fused-ring (bicyclic) bond motifs is 1. The quantitative estimate of drug-likeness (QED) is 0.595. The Labute approximate surface area is 188 Å². The normalized spacial score (nSPS) is 16.6. The van der Waals surface area contributed by atoms with Crippen LogP contribution in [0.3, 0.4) is 0 Å². The Morgan fingerprint density at radius 2 is 1.94 bits per heavy atom. The van der Waals surface area contributed by atoms with Crippen LogP contribution >= 0.6 is 0 Å². The molecule has 7 heteroatoms. The summed E-state index contributed by atoms with van der Waals surface area (Å²) in [6, 6.07) is 18.1. The Hall–Kier alpha value is -3.53. The lowest BCUT2D eigenvalue weighted by Gasteiger charge is -2.34. The molecule has 0 N–H and O–H groups in total. The standard InChI is InChI=1S/C25H28N4O3/c1-25(2,3)32-24(30)28-14-6-7-20(17-28)31-23-27-21-8-4-5-9-22(21)29(23)16-19-12-10-18(15-26)11-13-19/h4-5,8-13,20H,6-7,14,16-17H2,1-3H3. The summed E-state index contributed by atoms with van der Waals surface area (Å²) in [4.78, 5) is 19.0. The van der Waals surface area contributed by atoms with Gasteiger partial charge in [-0.3, -0.25) is 4.57 Å². The summed E-state index contributed by atoms with van der Waals surface area (Å²) >= 11 is 0. The van der Waals surface area contributed by atoms with Crippen molar-refractivity contribution >= 4 is 17.1 Å². The van der Waals surface area contributed by atoms with Crippen LogP contribution in [-0.2, 0) is 11.3 Å².